The Labute approximate surface area is 186 Å². The van der Waals surface area contributed by atoms with Gasteiger partial charge in [-0.15, -0.1) is 0 Å². The van der Waals surface area contributed by atoms with E-state index in [9.17, 15) is 9.59 Å². The number of carbonyl (C=O) groups excluding carboxylic acids is 2. The minimum absolute atomic E-state index is 0.0140. The van der Waals surface area contributed by atoms with Gasteiger partial charge < -0.3 is 4.74 Å². The third-order valence-corrected chi connectivity index (χ3v) is 6.01. The van der Waals surface area contributed by atoms with Crippen LogP contribution in [0.4, 0.5) is 0 Å². The molecule has 31 heavy (non-hydrogen) atoms. The van der Waals surface area contributed by atoms with Crippen LogP contribution >= 0.6 is 0 Å². The van der Waals surface area contributed by atoms with Crippen molar-refractivity contribution in [3.05, 3.63) is 82.6 Å². The molecule has 164 valence electrons. The van der Waals surface area contributed by atoms with Crippen molar-refractivity contribution in [1.29, 1.82) is 0 Å². The Morgan fingerprint density at radius 1 is 0.903 bits per heavy atom. The molecule has 0 spiro atoms. The van der Waals surface area contributed by atoms with Gasteiger partial charge in [0.25, 0.3) is 0 Å². The van der Waals surface area contributed by atoms with Crippen LogP contribution < -0.4 is 0 Å². The third-order valence-electron chi connectivity index (χ3n) is 6.01. The molecule has 0 atom stereocenters. The van der Waals surface area contributed by atoms with Crippen molar-refractivity contribution in [1.82, 2.24) is 0 Å². The van der Waals surface area contributed by atoms with Crippen molar-refractivity contribution in [3.63, 3.8) is 0 Å². The highest BCUT2D eigenvalue weighted by molar-refractivity contribution is 6.10. The Hall–Kier alpha value is -2.68. The zero-order valence-electron chi connectivity index (χ0n) is 18.7. The fraction of sp³-hybridized carbons (Fsp3) is 0.429. The third kappa shape index (κ3) is 6.92. The van der Waals surface area contributed by atoms with E-state index in [4.69, 9.17) is 4.74 Å². The van der Waals surface area contributed by atoms with Gasteiger partial charge in [-0.1, -0.05) is 82.2 Å². The highest BCUT2D eigenvalue weighted by Gasteiger charge is 2.23. The lowest BCUT2D eigenvalue weighted by atomic mass is 9.86. The van der Waals surface area contributed by atoms with Gasteiger partial charge in [-0.3, -0.25) is 4.79 Å². The number of hydrogen-bond donors (Lipinski definition) is 0. The lowest BCUT2D eigenvalue weighted by molar-refractivity contribution is 0.0659. The Morgan fingerprint density at radius 3 is 2.35 bits per heavy atom. The summed E-state index contributed by atoms with van der Waals surface area (Å²) in [6.07, 6.45) is 14.2. The van der Waals surface area contributed by atoms with Crippen LogP contribution in [-0.4, -0.2) is 11.8 Å². The van der Waals surface area contributed by atoms with Crippen molar-refractivity contribution in [2.24, 2.45) is 0 Å². The maximum atomic E-state index is 13.0. The Morgan fingerprint density at radius 2 is 1.61 bits per heavy atom. The Kier molecular flexibility index (Phi) is 9.08. The summed E-state index contributed by atoms with van der Waals surface area (Å²) >= 11 is 0. The first-order valence-corrected chi connectivity index (χ1v) is 11.8. The molecule has 0 aliphatic heterocycles. The number of carbonyl (C=O) groups is 2. The van der Waals surface area contributed by atoms with Gasteiger partial charge in [-0.05, 0) is 55.0 Å². The van der Waals surface area contributed by atoms with Gasteiger partial charge in [0.05, 0.1) is 5.56 Å². The molecule has 0 radical (unpaired) electrons. The van der Waals surface area contributed by atoms with Gasteiger partial charge in [0.1, 0.15) is 6.26 Å². The number of allylic oxidation sites excluding steroid dienone is 1. The molecule has 1 aliphatic carbocycles. The summed E-state index contributed by atoms with van der Waals surface area (Å²) in [4.78, 5) is 25.1. The van der Waals surface area contributed by atoms with E-state index in [-0.39, 0.29) is 5.78 Å². The Bertz CT molecular complexity index is 896. The van der Waals surface area contributed by atoms with Crippen molar-refractivity contribution in [2.75, 3.05) is 0 Å². The van der Waals surface area contributed by atoms with Crippen molar-refractivity contribution in [3.8, 4) is 0 Å². The maximum absolute atomic E-state index is 13.0. The maximum Gasteiger partial charge on any atom is 0.342 e. The van der Waals surface area contributed by atoms with E-state index in [0.717, 1.165) is 30.4 Å². The van der Waals surface area contributed by atoms with E-state index >= 15 is 0 Å². The average Bonchev–Trinajstić information content (AvgIpc) is 2.81. The second-order valence-electron chi connectivity index (χ2n) is 8.46. The quantitative estimate of drug-likeness (QED) is 0.167. The number of fused-ring (bicyclic) bond motifs is 1. The monoisotopic (exact) mass is 418 g/mol. The fourth-order valence-electron chi connectivity index (χ4n) is 4.11. The number of benzene rings is 2. The number of Topliss-reactive ketones (excluding diaryl/α,β-unsaturated/α-hetero) is 1. The van der Waals surface area contributed by atoms with Crippen molar-refractivity contribution < 1.29 is 14.3 Å². The molecule has 3 rings (SSSR count). The number of aryl methyl sites for hydroxylation is 2. The molecule has 3 nitrogen and oxygen atoms in total. The first-order valence-electron chi connectivity index (χ1n) is 11.8. The molecule has 1 aliphatic rings. The molecule has 0 saturated heterocycles. The number of esters is 1. The standard InChI is InChI=1S/C28H34O3/c1-2-3-4-5-6-7-8-10-13-22-16-17-23-18-19-25(27(29)26(23)20-22)21-31-28(30)24-14-11-9-12-15-24/h9,11-12,14-17,20-21H,2-8,10,13,18-19H2,1H3. The first-order chi connectivity index (χ1) is 15.2. The molecular weight excluding hydrogens is 384 g/mol. The lowest BCUT2D eigenvalue weighted by Gasteiger charge is -2.18. The van der Waals surface area contributed by atoms with E-state index in [0.29, 0.717) is 17.6 Å². The average molecular weight is 419 g/mol. The van der Waals surface area contributed by atoms with E-state index in [2.05, 4.69) is 19.1 Å². The summed E-state index contributed by atoms with van der Waals surface area (Å²) in [7, 11) is 0. The van der Waals surface area contributed by atoms with Gasteiger partial charge >= 0.3 is 5.97 Å². The SMILES string of the molecule is CCCCCCCCCCc1ccc2c(c1)C(=O)C(=COC(=O)c1ccccc1)CC2. The van der Waals surface area contributed by atoms with Gasteiger partial charge in [-0.2, -0.15) is 0 Å². The molecule has 0 heterocycles. The smallest absolute Gasteiger partial charge is 0.342 e. The molecule has 0 fully saturated rings. The van der Waals surface area contributed by atoms with E-state index in [1.807, 2.05) is 12.1 Å². The van der Waals surface area contributed by atoms with Gasteiger partial charge in [0, 0.05) is 11.1 Å². The highest BCUT2D eigenvalue weighted by Crippen LogP contribution is 2.27. The summed E-state index contributed by atoms with van der Waals surface area (Å²) in [5.74, 6) is -0.449. The van der Waals surface area contributed by atoms with Crippen LogP contribution in [0.5, 0.6) is 0 Å². The Balaban J connectivity index is 1.52. The second kappa shape index (κ2) is 12.2. The van der Waals surface area contributed by atoms with Gasteiger partial charge in [-0.25, -0.2) is 4.79 Å². The minimum Gasteiger partial charge on any atom is -0.430 e. The fourth-order valence-corrected chi connectivity index (χ4v) is 4.11. The van der Waals surface area contributed by atoms with Crippen LogP contribution in [0.25, 0.3) is 0 Å². The lowest BCUT2D eigenvalue weighted by Crippen LogP contribution is -2.15. The van der Waals surface area contributed by atoms with Crippen LogP contribution in [0.15, 0.2) is 60.4 Å². The number of ether oxygens (including phenoxy) is 1. The molecule has 0 unspecified atom stereocenters. The van der Waals surface area contributed by atoms with Crippen molar-refractivity contribution >= 4 is 11.8 Å². The second-order valence-corrected chi connectivity index (χ2v) is 8.46. The zero-order chi connectivity index (χ0) is 21.9. The summed E-state index contributed by atoms with van der Waals surface area (Å²) in [6.45, 7) is 2.25. The molecule has 0 saturated carbocycles. The van der Waals surface area contributed by atoms with Crippen LogP contribution in [0.2, 0.25) is 0 Å². The number of unbranched alkanes of at least 4 members (excludes halogenated alkanes) is 7. The summed E-state index contributed by atoms with van der Waals surface area (Å²) in [5.41, 5.74) is 4.14. The molecular formula is C28H34O3. The molecule has 2 aromatic rings. The zero-order valence-corrected chi connectivity index (χ0v) is 18.7. The molecule has 0 amide bonds. The number of rotatable bonds is 11. The predicted molar refractivity (Wildman–Crippen MR) is 125 cm³/mol. The summed E-state index contributed by atoms with van der Waals surface area (Å²) in [6, 6.07) is 15.1. The topological polar surface area (TPSA) is 43.4 Å². The predicted octanol–water partition coefficient (Wildman–Crippen LogP) is 7.24. The molecule has 3 heteroatoms. The normalized spacial score (nSPS) is 14.5. The number of hydrogen-bond acceptors (Lipinski definition) is 3. The first kappa shape index (κ1) is 23.0. The molecule has 0 aromatic heterocycles. The van der Waals surface area contributed by atoms with E-state index in [1.54, 1.807) is 24.3 Å². The summed E-state index contributed by atoms with van der Waals surface area (Å²) in [5, 5.41) is 0. The highest BCUT2D eigenvalue weighted by atomic mass is 16.5. The van der Waals surface area contributed by atoms with Crippen LogP contribution in [0.1, 0.15) is 96.6 Å². The summed E-state index contributed by atoms with van der Waals surface area (Å²) < 4.78 is 5.29. The number of ketones is 1. The minimum atomic E-state index is -0.435. The van der Waals surface area contributed by atoms with Crippen LogP contribution in [0, 0.1) is 0 Å². The molecule has 2 aromatic carbocycles. The van der Waals surface area contributed by atoms with Gasteiger partial charge in [0.15, 0.2) is 5.78 Å². The largest absolute Gasteiger partial charge is 0.430 e. The van der Waals surface area contributed by atoms with Crippen molar-refractivity contribution in [2.45, 2.75) is 77.6 Å². The van der Waals surface area contributed by atoms with E-state index in [1.165, 1.54) is 56.8 Å². The molecule has 0 bridgehead atoms. The van der Waals surface area contributed by atoms with E-state index < -0.39 is 5.97 Å². The van der Waals surface area contributed by atoms with Gasteiger partial charge in [0.2, 0.25) is 0 Å². The van der Waals surface area contributed by atoms with Crippen LogP contribution in [0.3, 0.4) is 0 Å². The van der Waals surface area contributed by atoms with Crippen LogP contribution in [-0.2, 0) is 17.6 Å². The molecule has 0 N–H and O–H groups in total.